The number of benzene rings is 2. The van der Waals surface area contributed by atoms with Crippen LogP contribution in [0.3, 0.4) is 0 Å². The Hall–Kier alpha value is -3.21. The number of hydrogen-bond acceptors (Lipinski definition) is 5. The van der Waals surface area contributed by atoms with E-state index >= 15 is 0 Å². The average molecular weight is 386 g/mol. The lowest BCUT2D eigenvalue weighted by atomic mass is 9.90. The van der Waals surface area contributed by atoms with E-state index in [1.165, 1.54) is 5.56 Å². The van der Waals surface area contributed by atoms with Gasteiger partial charge in [0.2, 0.25) is 5.95 Å². The molecule has 1 saturated heterocycles. The zero-order valence-electron chi connectivity index (χ0n) is 16.7. The topological polar surface area (TPSA) is 58.1 Å². The molecule has 2 heterocycles. The fraction of sp³-hybridized carbons (Fsp3) is 0.292. The first-order valence-corrected chi connectivity index (χ1v) is 10.2. The third-order valence-electron chi connectivity index (χ3n) is 5.45. The van der Waals surface area contributed by atoms with Crippen molar-refractivity contribution in [1.29, 1.82) is 0 Å². The first-order chi connectivity index (χ1) is 14.2. The highest BCUT2D eigenvalue weighted by atomic mass is 16.1. The highest BCUT2D eigenvalue weighted by Gasteiger charge is 2.21. The number of hydrogen-bond donors (Lipinski definition) is 1. The minimum atomic E-state index is 0.0513. The van der Waals surface area contributed by atoms with Crippen LogP contribution in [-0.2, 0) is 6.42 Å². The van der Waals surface area contributed by atoms with Crippen molar-refractivity contribution in [3.05, 3.63) is 78.0 Å². The summed E-state index contributed by atoms with van der Waals surface area (Å²) in [7, 11) is 0. The lowest BCUT2D eigenvalue weighted by Crippen LogP contribution is -2.35. The fourth-order valence-corrected chi connectivity index (χ4v) is 3.82. The number of nitrogens with zero attached hydrogens (tertiary/aromatic N) is 3. The summed E-state index contributed by atoms with van der Waals surface area (Å²) in [4.78, 5) is 23.0. The van der Waals surface area contributed by atoms with Crippen LogP contribution in [0.4, 0.5) is 17.5 Å². The van der Waals surface area contributed by atoms with Gasteiger partial charge in [0.25, 0.3) is 0 Å². The summed E-state index contributed by atoms with van der Waals surface area (Å²) in [5, 5.41) is 3.29. The molecule has 1 fully saturated rings. The molecule has 2 aromatic carbocycles. The predicted molar refractivity (Wildman–Crippen MR) is 117 cm³/mol. The van der Waals surface area contributed by atoms with Crippen molar-refractivity contribution in [2.45, 2.75) is 26.2 Å². The molecule has 0 saturated carbocycles. The molecule has 3 aromatic rings. The molecular weight excluding hydrogens is 360 g/mol. The Morgan fingerprint density at radius 2 is 1.86 bits per heavy atom. The van der Waals surface area contributed by atoms with E-state index in [-0.39, 0.29) is 5.78 Å². The molecule has 0 bridgehead atoms. The molecule has 1 aliphatic heterocycles. The van der Waals surface area contributed by atoms with E-state index in [0.29, 0.717) is 11.5 Å². The van der Waals surface area contributed by atoms with Gasteiger partial charge in [-0.25, -0.2) is 4.98 Å². The van der Waals surface area contributed by atoms with E-state index < -0.39 is 0 Å². The molecule has 0 aliphatic carbocycles. The molecule has 0 spiro atoms. The first kappa shape index (κ1) is 19.1. The Kier molecular flexibility index (Phi) is 5.84. The summed E-state index contributed by atoms with van der Waals surface area (Å²) in [5.41, 5.74) is 2.95. The fourth-order valence-electron chi connectivity index (χ4n) is 3.82. The quantitative estimate of drug-likeness (QED) is 0.612. The maximum Gasteiger partial charge on any atom is 0.227 e. The summed E-state index contributed by atoms with van der Waals surface area (Å²) in [5.74, 6) is 2.26. The van der Waals surface area contributed by atoms with Crippen molar-refractivity contribution >= 4 is 23.2 Å². The van der Waals surface area contributed by atoms with Gasteiger partial charge < -0.3 is 10.2 Å². The van der Waals surface area contributed by atoms with Crippen LogP contribution in [0.15, 0.2) is 66.9 Å². The average Bonchev–Trinajstić information content (AvgIpc) is 2.75. The Morgan fingerprint density at radius 1 is 1.07 bits per heavy atom. The first-order valence-electron chi connectivity index (χ1n) is 10.2. The van der Waals surface area contributed by atoms with Crippen molar-refractivity contribution in [3.8, 4) is 0 Å². The molecule has 29 heavy (non-hydrogen) atoms. The molecule has 1 aromatic heterocycles. The third kappa shape index (κ3) is 4.99. The van der Waals surface area contributed by atoms with Gasteiger partial charge in [0.05, 0.1) is 0 Å². The van der Waals surface area contributed by atoms with Crippen LogP contribution >= 0.6 is 0 Å². The summed E-state index contributed by atoms with van der Waals surface area (Å²) in [6.07, 6.45) is 5.23. The summed E-state index contributed by atoms with van der Waals surface area (Å²) in [6, 6.07) is 20.1. The predicted octanol–water partition coefficient (Wildman–Crippen LogP) is 4.88. The summed E-state index contributed by atoms with van der Waals surface area (Å²) < 4.78 is 0. The second-order valence-electron chi connectivity index (χ2n) is 7.62. The lowest BCUT2D eigenvalue weighted by molar-refractivity contribution is 0.101. The SMILES string of the molecule is CC(=O)c1cccc(Nc2ccnc(N3CCC(Cc4ccccc4)CC3)n2)c1. The Labute approximate surface area is 171 Å². The highest BCUT2D eigenvalue weighted by molar-refractivity contribution is 5.95. The normalized spacial score (nSPS) is 14.6. The summed E-state index contributed by atoms with van der Waals surface area (Å²) >= 11 is 0. The van der Waals surface area contributed by atoms with Crippen LogP contribution in [0.1, 0.15) is 35.7 Å². The van der Waals surface area contributed by atoms with E-state index in [2.05, 4.69) is 45.5 Å². The van der Waals surface area contributed by atoms with E-state index in [1.807, 2.05) is 30.3 Å². The van der Waals surface area contributed by atoms with Gasteiger partial charge in [-0.2, -0.15) is 4.98 Å². The number of Topliss-reactive ketones (excluding diaryl/α,β-unsaturated/α-hetero) is 1. The number of nitrogens with one attached hydrogen (secondary N) is 1. The Bertz CT molecular complexity index is 965. The van der Waals surface area contributed by atoms with Crippen LogP contribution in [0.5, 0.6) is 0 Å². The number of rotatable bonds is 6. The molecule has 5 nitrogen and oxygen atoms in total. The van der Waals surface area contributed by atoms with E-state index in [4.69, 9.17) is 4.98 Å². The lowest BCUT2D eigenvalue weighted by Gasteiger charge is -2.32. The Morgan fingerprint density at radius 3 is 2.62 bits per heavy atom. The van der Waals surface area contributed by atoms with E-state index in [0.717, 1.165) is 49.8 Å². The number of piperidine rings is 1. The molecule has 1 N–H and O–H groups in total. The van der Waals surface area contributed by atoms with Crippen LogP contribution in [0, 0.1) is 5.92 Å². The Balaban J connectivity index is 1.38. The van der Waals surface area contributed by atoms with Crippen LogP contribution in [0.2, 0.25) is 0 Å². The number of aromatic nitrogens is 2. The van der Waals surface area contributed by atoms with E-state index in [9.17, 15) is 4.79 Å². The van der Waals surface area contributed by atoms with Crippen molar-refractivity contribution in [1.82, 2.24) is 9.97 Å². The van der Waals surface area contributed by atoms with Crippen LogP contribution < -0.4 is 10.2 Å². The van der Waals surface area contributed by atoms with Crippen molar-refractivity contribution < 1.29 is 4.79 Å². The van der Waals surface area contributed by atoms with Crippen molar-refractivity contribution in [2.24, 2.45) is 5.92 Å². The van der Waals surface area contributed by atoms with Crippen molar-refractivity contribution in [2.75, 3.05) is 23.3 Å². The largest absolute Gasteiger partial charge is 0.341 e. The molecule has 0 unspecified atom stereocenters. The minimum absolute atomic E-state index is 0.0513. The molecule has 5 heteroatoms. The number of anilines is 3. The van der Waals surface area contributed by atoms with E-state index in [1.54, 1.807) is 13.1 Å². The molecule has 4 rings (SSSR count). The van der Waals surface area contributed by atoms with Gasteiger partial charge >= 0.3 is 0 Å². The minimum Gasteiger partial charge on any atom is -0.341 e. The number of ketones is 1. The second kappa shape index (κ2) is 8.86. The molecule has 148 valence electrons. The molecule has 1 aliphatic rings. The molecular formula is C24H26N4O. The van der Waals surface area contributed by atoms with Crippen LogP contribution in [-0.4, -0.2) is 28.8 Å². The summed E-state index contributed by atoms with van der Waals surface area (Å²) in [6.45, 7) is 3.52. The zero-order valence-corrected chi connectivity index (χ0v) is 16.7. The smallest absolute Gasteiger partial charge is 0.227 e. The van der Waals surface area contributed by atoms with Gasteiger partial charge in [-0.1, -0.05) is 42.5 Å². The van der Waals surface area contributed by atoms with Crippen LogP contribution in [0.25, 0.3) is 0 Å². The monoisotopic (exact) mass is 386 g/mol. The maximum atomic E-state index is 11.6. The molecule has 0 atom stereocenters. The molecule has 0 amide bonds. The number of carbonyl (C=O) groups is 1. The zero-order chi connectivity index (χ0) is 20.1. The molecule has 0 radical (unpaired) electrons. The van der Waals surface area contributed by atoms with Gasteiger partial charge in [-0.05, 0) is 55.9 Å². The highest BCUT2D eigenvalue weighted by Crippen LogP contribution is 2.25. The van der Waals surface area contributed by atoms with Gasteiger partial charge in [0.1, 0.15) is 5.82 Å². The van der Waals surface area contributed by atoms with Gasteiger partial charge in [0, 0.05) is 30.5 Å². The van der Waals surface area contributed by atoms with Gasteiger partial charge in [-0.3, -0.25) is 4.79 Å². The standard InChI is InChI=1S/C24H26N4O/c1-18(29)21-8-5-9-22(17-21)26-23-10-13-25-24(27-23)28-14-11-20(12-15-28)16-19-6-3-2-4-7-19/h2-10,13,17,20H,11-12,14-16H2,1H3,(H,25,26,27). The van der Waals surface area contributed by atoms with Crippen molar-refractivity contribution in [3.63, 3.8) is 0 Å². The van der Waals surface area contributed by atoms with Gasteiger partial charge in [0.15, 0.2) is 5.78 Å². The van der Waals surface area contributed by atoms with Gasteiger partial charge in [-0.15, -0.1) is 0 Å². The second-order valence-corrected chi connectivity index (χ2v) is 7.62. The third-order valence-corrected chi connectivity index (χ3v) is 5.45. The number of carbonyl (C=O) groups excluding carboxylic acids is 1. The maximum absolute atomic E-state index is 11.6.